The lowest BCUT2D eigenvalue weighted by atomic mass is 9.85. The van der Waals surface area contributed by atoms with Crippen LogP contribution in [-0.2, 0) is 16.9 Å². The standard InChI is InChI=1S/C25H29ClFN3O2/c1-4-16-7-10-21-22(11-16)30(24(32)25(21,3)27)14-17-5-8-19(9-6-17)29-23(31)20-12-18(26)13-28-15(20)2/h7,10-13,17,19H,4-6,8-9,14H2,1-3H3,(H,29,31). The number of pyridine rings is 1. The van der Waals surface area contributed by atoms with Crippen LogP contribution in [0.15, 0.2) is 30.5 Å². The topological polar surface area (TPSA) is 62.3 Å². The van der Waals surface area contributed by atoms with Crippen LogP contribution in [0.3, 0.4) is 0 Å². The Morgan fingerprint density at radius 3 is 2.69 bits per heavy atom. The average Bonchev–Trinajstić information content (AvgIpc) is 2.96. The molecule has 0 radical (unpaired) electrons. The van der Waals surface area contributed by atoms with Crippen molar-refractivity contribution in [2.75, 3.05) is 11.4 Å². The smallest absolute Gasteiger partial charge is 0.269 e. The van der Waals surface area contributed by atoms with Gasteiger partial charge in [-0.1, -0.05) is 30.7 Å². The summed E-state index contributed by atoms with van der Waals surface area (Å²) in [4.78, 5) is 31.3. The SMILES string of the molecule is CCc1ccc2c(c1)N(CC1CCC(NC(=O)c3cc(Cl)cnc3C)CC1)C(=O)C2(C)F. The molecule has 1 saturated carbocycles. The highest BCUT2D eigenvalue weighted by Gasteiger charge is 2.48. The highest BCUT2D eigenvalue weighted by molar-refractivity contribution is 6.30. The summed E-state index contributed by atoms with van der Waals surface area (Å²) in [6, 6.07) is 7.31. The number of hydrogen-bond acceptors (Lipinski definition) is 3. The fourth-order valence-electron chi connectivity index (χ4n) is 4.82. The van der Waals surface area contributed by atoms with Crippen molar-refractivity contribution in [3.63, 3.8) is 0 Å². The van der Waals surface area contributed by atoms with Gasteiger partial charge in [0.15, 0.2) is 0 Å². The van der Waals surface area contributed by atoms with Gasteiger partial charge < -0.3 is 10.2 Å². The number of rotatable bonds is 5. The molecule has 2 aliphatic rings. The van der Waals surface area contributed by atoms with Crippen LogP contribution in [-0.4, -0.2) is 29.4 Å². The van der Waals surface area contributed by atoms with Gasteiger partial charge in [0.05, 0.1) is 22.0 Å². The molecule has 0 saturated heterocycles. The molecular formula is C25H29ClFN3O2. The number of nitrogens with one attached hydrogen (secondary N) is 1. The van der Waals surface area contributed by atoms with Crippen molar-refractivity contribution < 1.29 is 14.0 Å². The zero-order valence-electron chi connectivity index (χ0n) is 18.8. The number of halogens is 2. The molecule has 1 unspecified atom stereocenters. The van der Waals surface area contributed by atoms with Gasteiger partial charge >= 0.3 is 0 Å². The number of carbonyl (C=O) groups excluding carboxylic acids is 2. The van der Waals surface area contributed by atoms with Gasteiger partial charge in [0, 0.05) is 24.3 Å². The van der Waals surface area contributed by atoms with Crippen molar-refractivity contribution in [3.05, 3.63) is 57.9 Å². The quantitative estimate of drug-likeness (QED) is 0.677. The Bertz CT molecular complexity index is 1050. The number of benzene rings is 1. The van der Waals surface area contributed by atoms with Crippen molar-refractivity contribution in [1.82, 2.24) is 10.3 Å². The normalized spacial score (nSPS) is 25.0. The molecule has 7 heteroatoms. The summed E-state index contributed by atoms with van der Waals surface area (Å²) >= 11 is 5.99. The van der Waals surface area contributed by atoms with Crippen LogP contribution < -0.4 is 10.2 Å². The first-order valence-electron chi connectivity index (χ1n) is 11.3. The minimum absolute atomic E-state index is 0.0665. The van der Waals surface area contributed by atoms with Crippen LogP contribution in [0.4, 0.5) is 10.1 Å². The fourth-order valence-corrected chi connectivity index (χ4v) is 4.98. The first kappa shape index (κ1) is 22.7. The molecule has 0 bridgehead atoms. The number of alkyl halides is 1. The molecule has 1 aliphatic carbocycles. The Morgan fingerprint density at radius 1 is 1.28 bits per heavy atom. The van der Waals surface area contributed by atoms with E-state index in [4.69, 9.17) is 11.6 Å². The lowest BCUT2D eigenvalue weighted by molar-refractivity contribution is -0.128. The van der Waals surface area contributed by atoms with Crippen molar-refractivity contribution in [3.8, 4) is 0 Å². The van der Waals surface area contributed by atoms with E-state index in [1.165, 1.54) is 13.1 Å². The molecule has 1 aromatic carbocycles. The number of amides is 2. The molecule has 2 aromatic rings. The van der Waals surface area contributed by atoms with Crippen molar-refractivity contribution in [1.29, 1.82) is 0 Å². The van der Waals surface area contributed by atoms with E-state index < -0.39 is 11.6 Å². The van der Waals surface area contributed by atoms with Crippen LogP contribution in [0.2, 0.25) is 5.02 Å². The summed E-state index contributed by atoms with van der Waals surface area (Å²) in [6.07, 6.45) is 5.74. The summed E-state index contributed by atoms with van der Waals surface area (Å²) in [5.74, 6) is -0.362. The van der Waals surface area contributed by atoms with Crippen molar-refractivity contribution >= 4 is 29.1 Å². The maximum Gasteiger partial charge on any atom is 0.269 e. The fraction of sp³-hybridized carbons (Fsp3) is 0.480. The van der Waals surface area contributed by atoms with Gasteiger partial charge in [-0.05, 0) is 69.6 Å². The number of aromatic nitrogens is 1. The Morgan fingerprint density at radius 2 is 2.00 bits per heavy atom. The second-order valence-electron chi connectivity index (χ2n) is 9.10. The van der Waals surface area contributed by atoms with Gasteiger partial charge in [-0.15, -0.1) is 0 Å². The van der Waals surface area contributed by atoms with E-state index in [1.807, 2.05) is 19.1 Å². The van der Waals surface area contributed by atoms with Crippen LogP contribution >= 0.6 is 11.6 Å². The second-order valence-corrected chi connectivity index (χ2v) is 9.54. The monoisotopic (exact) mass is 457 g/mol. The summed E-state index contributed by atoms with van der Waals surface area (Å²) in [7, 11) is 0. The number of aryl methyl sites for hydroxylation is 2. The third kappa shape index (κ3) is 4.25. The van der Waals surface area contributed by atoms with Gasteiger partial charge in [-0.25, -0.2) is 4.39 Å². The third-order valence-corrected chi connectivity index (χ3v) is 7.04. The van der Waals surface area contributed by atoms with E-state index >= 15 is 4.39 Å². The zero-order chi connectivity index (χ0) is 23.0. The highest BCUT2D eigenvalue weighted by Crippen LogP contribution is 2.44. The molecule has 1 N–H and O–H groups in total. The van der Waals surface area contributed by atoms with Gasteiger partial charge in [-0.3, -0.25) is 14.6 Å². The number of hydrogen-bond donors (Lipinski definition) is 1. The molecule has 170 valence electrons. The van der Waals surface area contributed by atoms with E-state index in [1.54, 1.807) is 24.0 Å². The van der Waals surface area contributed by atoms with E-state index in [2.05, 4.69) is 10.3 Å². The molecule has 1 atom stereocenters. The van der Waals surface area contributed by atoms with Crippen LogP contribution in [0.25, 0.3) is 0 Å². The molecule has 4 rings (SSSR count). The Kier molecular flexibility index (Phi) is 6.26. The predicted molar refractivity (Wildman–Crippen MR) is 124 cm³/mol. The number of nitrogens with zero attached hydrogens (tertiary/aromatic N) is 2. The van der Waals surface area contributed by atoms with Crippen molar-refractivity contribution in [2.24, 2.45) is 5.92 Å². The molecule has 2 heterocycles. The zero-order valence-corrected chi connectivity index (χ0v) is 19.5. The molecule has 32 heavy (non-hydrogen) atoms. The van der Waals surface area contributed by atoms with Gasteiger partial charge in [0.25, 0.3) is 11.8 Å². The molecule has 1 aliphatic heterocycles. The van der Waals surface area contributed by atoms with E-state index in [0.29, 0.717) is 34.1 Å². The van der Waals surface area contributed by atoms with E-state index in [-0.39, 0.29) is 17.9 Å². The van der Waals surface area contributed by atoms with E-state index in [0.717, 1.165) is 37.7 Å². The van der Waals surface area contributed by atoms with Gasteiger partial charge in [-0.2, -0.15) is 0 Å². The molecule has 2 amide bonds. The van der Waals surface area contributed by atoms with Crippen LogP contribution in [0, 0.1) is 12.8 Å². The van der Waals surface area contributed by atoms with Gasteiger partial charge in [0.1, 0.15) is 0 Å². The summed E-state index contributed by atoms with van der Waals surface area (Å²) < 4.78 is 15.2. The maximum atomic E-state index is 15.2. The molecular weight excluding hydrogens is 429 g/mol. The highest BCUT2D eigenvalue weighted by atomic mass is 35.5. The molecule has 0 spiro atoms. The van der Waals surface area contributed by atoms with E-state index in [9.17, 15) is 9.59 Å². The summed E-state index contributed by atoms with van der Waals surface area (Å²) in [5.41, 5.74) is 1.43. The first-order chi connectivity index (χ1) is 15.2. The predicted octanol–water partition coefficient (Wildman–Crippen LogP) is 5.13. The molecule has 5 nitrogen and oxygen atoms in total. The maximum absolute atomic E-state index is 15.2. The lowest BCUT2D eigenvalue weighted by Gasteiger charge is -2.32. The summed E-state index contributed by atoms with van der Waals surface area (Å²) in [5, 5.41) is 3.53. The third-order valence-electron chi connectivity index (χ3n) is 6.83. The Balaban J connectivity index is 1.39. The molecule has 1 fully saturated rings. The summed E-state index contributed by atoms with van der Waals surface area (Å²) in [6.45, 7) is 5.71. The minimum Gasteiger partial charge on any atom is -0.349 e. The largest absolute Gasteiger partial charge is 0.349 e. The van der Waals surface area contributed by atoms with Gasteiger partial charge in [0.2, 0.25) is 5.67 Å². The number of carbonyl (C=O) groups is 2. The van der Waals surface area contributed by atoms with Crippen LogP contribution in [0.1, 0.15) is 66.7 Å². The molecule has 1 aromatic heterocycles. The number of fused-ring (bicyclic) bond motifs is 1. The lowest BCUT2D eigenvalue weighted by Crippen LogP contribution is -2.42. The van der Waals surface area contributed by atoms with Crippen LogP contribution in [0.5, 0.6) is 0 Å². The second kappa shape index (κ2) is 8.81. The average molecular weight is 458 g/mol. The number of anilines is 1. The Hall–Kier alpha value is -2.47. The van der Waals surface area contributed by atoms with Crippen molar-refractivity contribution in [2.45, 2.75) is 64.6 Å². The Labute approximate surface area is 193 Å². The first-order valence-corrected chi connectivity index (χ1v) is 11.7. The minimum atomic E-state index is -1.98.